The van der Waals surface area contributed by atoms with Crippen molar-refractivity contribution in [2.75, 3.05) is 7.11 Å². The second-order valence-electron chi connectivity index (χ2n) is 4.57. The van der Waals surface area contributed by atoms with Crippen LogP contribution in [-0.4, -0.2) is 18.0 Å². The maximum absolute atomic E-state index is 12.8. The van der Waals surface area contributed by atoms with E-state index in [1.165, 1.54) is 12.1 Å². The number of aryl methyl sites for hydroxylation is 1. The number of carbonyl (C=O) groups is 1. The van der Waals surface area contributed by atoms with Crippen LogP contribution < -0.4 is 10.1 Å². The van der Waals surface area contributed by atoms with Gasteiger partial charge in [-0.1, -0.05) is 18.2 Å². The maximum Gasteiger partial charge on any atom is 0.220 e. The topological polar surface area (TPSA) is 51.2 Å². The monoisotopic (exact) mass is 288 g/mol. The number of carbonyl (C=O) groups excluding carboxylic acids is 1. The van der Waals surface area contributed by atoms with Crippen LogP contribution in [0.3, 0.4) is 0 Å². The van der Waals surface area contributed by atoms with Crippen molar-refractivity contribution in [3.05, 3.63) is 59.5 Å². The first-order chi connectivity index (χ1) is 10.2. The van der Waals surface area contributed by atoms with Crippen LogP contribution in [-0.2, 0) is 17.8 Å². The number of pyridine rings is 1. The average Bonchev–Trinajstić information content (AvgIpc) is 2.52. The number of methoxy groups -OCH3 is 1. The van der Waals surface area contributed by atoms with Crippen LogP contribution in [0.2, 0.25) is 0 Å². The number of hydrogen-bond acceptors (Lipinski definition) is 3. The van der Waals surface area contributed by atoms with Gasteiger partial charge in [0, 0.05) is 24.7 Å². The molecule has 0 bridgehead atoms. The minimum Gasteiger partial charge on any atom is -0.481 e. The van der Waals surface area contributed by atoms with Crippen LogP contribution in [0.5, 0.6) is 5.88 Å². The lowest BCUT2D eigenvalue weighted by Gasteiger charge is -2.08. The Morgan fingerprint density at radius 3 is 2.76 bits per heavy atom. The third-order valence-corrected chi connectivity index (χ3v) is 3.07. The number of ether oxygens (including phenoxy) is 1. The van der Waals surface area contributed by atoms with E-state index in [4.69, 9.17) is 4.74 Å². The zero-order valence-corrected chi connectivity index (χ0v) is 11.8. The fraction of sp³-hybridized carbons (Fsp3) is 0.250. The predicted octanol–water partition coefficient (Wildman–Crippen LogP) is 2.48. The summed E-state index contributed by atoms with van der Waals surface area (Å²) in [6.07, 6.45) is 2.57. The number of nitrogens with zero attached hydrogens (tertiary/aromatic N) is 1. The third kappa shape index (κ3) is 4.56. The van der Waals surface area contributed by atoms with E-state index in [9.17, 15) is 9.18 Å². The Balaban J connectivity index is 1.81. The number of aromatic nitrogens is 1. The molecule has 5 heteroatoms. The quantitative estimate of drug-likeness (QED) is 0.888. The zero-order valence-electron chi connectivity index (χ0n) is 11.8. The molecule has 0 fully saturated rings. The summed E-state index contributed by atoms with van der Waals surface area (Å²) in [7, 11) is 1.54. The van der Waals surface area contributed by atoms with E-state index in [0.29, 0.717) is 25.3 Å². The number of hydrogen-bond donors (Lipinski definition) is 1. The Bertz CT molecular complexity index is 599. The predicted molar refractivity (Wildman–Crippen MR) is 77.4 cm³/mol. The van der Waals surface area contributed by atoms with Crippen LogP contribution >= 0.6 is 0 Å². The van der Waals surface area contributed by atoms with Crippen molar-refractivity contribution in [1.82, 2.24) is 10.3 Å². The third-order valence-electron chi connectivity index (χ3n) is 3.07. The second-order valence-corrected chi connectivity index (χ2v) is 4.57. The van der Waals surface area contributed by atoms with E-state index >= 15 is 0 Å². The first kappa shape index (κ1) is 15.0. The second kappa shape index (κ2) is 7.38. The molecule has 21 heavy (non-hydrogen) atoms. The molecular weight excluding hydrogens is 271 g/mol. The van der Waals surface area contributed by atoms with Gasteiger partial charge in [-0.25, -0.2) is 9.37 Å². The molecule has 0 saturated heterocycles. The van der Waals surface area contributed by atoms with Gasteiger partial charge in [0.1, 0.15) is 5.82 Å². The SMILES string of the molecule is COc1ncccc1CNC(=O)CCc1ccc(F)cc1. The lowest BCUT2D eigenvalue weighted by atomic mass is 10.1. The first-order valence-electron chi connectivity index (χ1n) is 6.68. The molecule has 0 spiro atoms. The fourth-order valence-electron chi connectivity index (χ4n) is 1.93. The molecule has 110 valence electrons. The Morgan fingerprint density at radius 1 is 1.29 bits per heavy atom. The van der Waals surface area contributed by atoms with E-state index < -0.39 is 0 Å². The molecule has 0 aliphatic rings. The molecule has 1 amide bonds. The van der Waals surface area contributed by atoms with Crippen molar-refractivity contribution >= 4 is 5.91 Å². The van der Waals surface area contributed by atoms with Gasteiger partial charge >= 0.3 is 0 Å². The number of halogens is 1. The molecule has 2 rings (SSSR count). The summed E-state index contributed by atoms with van der Waals surface area (Å²) in [6, 6.07) is 9.82. The highest BCUT2D eigenvalue weighted by Gasteiger charge is 2.06. The van der Waals surface area contributed by atoms with Crippen LogP contribution in [0.4, 0.5) is 4.39 Å². The largest absolute Gasteiger partial charge is 0.481 e. The molecule has 1 aromatic heterocycles. The molecular formula is C16H17FN2O2. The minimum atomic E-state index is -0.271. The Morgan fingerprint density at radius 2 is 2.05 bits per heavy atom. The Kier molecular flexibility index (Phi) is 5.26. The number of benzene rings is 1. The molecule has 0 atom stereocenters. The van der Waals surface area contributed by atoms with Gasteiger partial charge in [0.2, 0.25) is 11.8 Å². The average molecular weight is 288 g/mol. The van der Waals surface area contributed by atoms with Gasteiger partial charge in [0.25, 0.3) is 0 Å². The summed E-state index contributed by atoms with van der Waals surface area (Å²) in [6.45, 7) is 0.374. The van der Waals surface area contributed by atoms with Crippen molar-refractivity contribution in [3.63, 3.8) is 0 Å². The Hall–Kier alpha value is -2.43. The van der Waals surface area contributed by atoms with Crippen molar-refractivity contribution < 1.29 is 13.9 Å². The minimum absolute atomic E-state index is 0.0646. The van der Waals surface area contributed by atoms with Crippen molar-refractivity contribution in [2.45, 2.75) is 19.4 Å². The number of rotatable bonds is 6. The normalized spacial score (nSPS) is 10.2. The highest BCUT2D eigenvalue weighted by atomic mass is 19.1. The van der Waals surface area contributed by atoms with Crippen molar-refractivity contribution in [3.8, 4) is 5.88 Å². The van der Waals surface area contributed by atoms with E-state index in [1.807, 2.05) is 6.07 Å². The van der Waals surface area contributed by atoms with Gasteiger partial charge in [-0.3, -0.25) is 4.79 Å². The fourth-order valence-corrected chi connectivity index (χ4v) is 1.93. The summed E-state index contributed by atoms with van der Waals surface area (Å²) >= 11 is 0. The molecule has 0 radical (unpaired) electrons. The first-order valence-corrected chi connectivity index (χ1v) is 6.68. The number of amides is 1. The molecule has 0 saturated carbocycles. The summed E-state index contributed by atoms with van der Waals surface area (Å²) in [5.41, 5.74) is 1.76. The lowest BCUT2D eigenvalue weighted by Crippen LogP contribution is -2.23. The summed E-state index contributed by atoms with van der Waals surface area (Å²) in [5.74, 6) is 0.174. The van der Waals surface area contributed by atoms with Crippen molar-refractivity contribution in [1.29, 1.82) is 0 Å². The number of nitrogens with one attached hydrogen (secondary N) is 1. The molecule has 2 aromatic rings. The molecule has 1 heterocycles. The molecule has 0 unspecified atom stereocenters. The zero-order chi connectivity index (χ0) is 15.1. The van der Waals surface area contributed by atoms with E-state index in [1.54, 1.807) is 31.5 Å². The van der Waals surface area contributed by atoms with Crippen LogP contribution in [0, 0.1) is 5.82 Å². The lowest BCUT2D eigenvalue weighted by molar-refractivity contribution is -0.121. The van der Waals surface area contributed by atoms with Gasteiger partial charge in [-0.15, -0.1) is 0 Å². The summed E-state index contributed by atoms with van der Waals surface area (Å²) < 4.78 is 17.9. The molecule has 4 nitrogen and oxygen atoms in total. The summed E-state index contributed by atoms with van der Waals surface area (Å²) in [5, 5.41) is 2.82. The van der Waals surface area contributed by atoms with Gasteiger partial charge in [0.15, 0.2) is 0 Å². The molecule has 0 aliphatic carbocycles. The van der Waals surface area contributed by atoms with Gasteiger partial charge in [-0.2, -0.15) is 0 Å². The van der Waals surface area contributed by atoms with Gasteiger partial charge < -0.3 is 10.1 Å². The van der Waals surface area contributed by atoms with Gasteiger partial charge in [0.05, 0.1) is 7.11 Å². The smallest absolute Gasteiger partial charge is 0.220 e. The molecule has 0 aliphatic heterocycles. The van der Waals surface area contributed by atoms with Gasteiger partial charge in [-0.05, 0) is 30.2 Å². The van der Waals surface area contributed by atoms with Crippen molar-refractivity contribution in [2.24, 2.45) is 0 Å². The molecule has 1 N–H and O–H groups in total. The maximum atomic E-state index is 12.8. The highest BCUT2D eigenvalue weighted by molar-refractivity contribution is 5.76. The highest BCUT2D eigenvalue weighted by Crippen LogP contribution is 2.13. The standard InChI is InChI=1S/C16H17FN2O2/c1-21-16-13(3-2-10-18-16)11-19-15(20)9-6-12-4-7-14(17)8-5-12/h2-5,7-8,10H,6,9,11H2,1H3,(H,19,20). The Labute approximate surface area is 123 Å². The van der Waals surface area contributed by atoms with E-state index in [-0.39, 0.29) is 11.7 Å². The summed E-state index contributed by atoms with van der Waals surface area (Å²) in [4.78, 5) is 15.9. The van der Waals surface area contributed by atoms with E-state index in [2.05, 4.69) is 10.3 Å². The van der Waals surface area contributed by atoms with Crippen LogP contribution in [0.15, 0.2) is 42.6 Å². The van der Waals surface area contributed by atoms with E-state index in [0.717, 1.165) is 11.1 Å². The molecule has 1 aromatic carbocycles. The van der Waals surface area contributed by atoms with Crippen LogP contribution in [0.25, 0.3) is 0 Å². The van der Waals surface area contributed by atoms with Crippen LogP contribution in [0.1, 0.15) is 17.5 Å².